The summed E-state index contributed by atoms with van der Waals surface area (Å²) in [5, 5.41) is 3.72. The molecule has 1 N–H and O–H groups in total. The van der Waals surface area contributed by atoms with Crippen LogP contribution in [-0.2, 0) is 4.74 Å². The van der Waals surface area contributed by atoms with E-state index in [0.717, 1.165) is 18.9 Å². The van der Waals surface area contributed by atoms with Gasteiger partial charge in [0.1, 0.15) is 5.75 Å². The minimum Gasteiger partial charge on any atom is -0.497 e. The Kier molecular flexibility index (Phi) is 3.27. The highest BCUT2D eigenvalue weighted by atomic mass is 16.5. The van der Waals surface area contributed by atoms with Crippen LogP contribution in [0.4, 0.5) is 0 Å². The molecule has 3 heteroatoms. The molecule has 1 aliphatic heterocycles. The summed E-state index contributed by atoms with van der Waals surface area (Å²) in [5.41, 5.74) is 1.51. The van der Waals surface area contributed by atoms with E-state index in [-0.39, 0.29) is 11.6 Å². The summed E-state index contributed by atoms with van der Waals surface area (Å²) >= 11 is 0. The van der Waals surface area contributed by atoms with Gasteiger partial charge in [0.2, 0.25) is 0 Å². The predicted octanol–water partition coefficient (Wildman–Crippen LogP) is 2.67. The van der Waals surface area contributed by atoms with E-state index < -0.39 is 0 Å². The van der Waals surface area contributed by atoms with Gasteiger partial charge < -0.3 is 14.8 Å². The number of rotatable bonds is 2. The molecule has 1 heterocycles. The lowest BCUT2D eigenvalue weighted by atomic mass is 9.95. The number of hydrogen-bond acceptors (Lipinski definition) is 3. The monoisotopic (exact) mass is 247 g/mol. The first kappa shape index (κ1) is 12.0. The van der Waals surface area contributed by atoms with Crippen LogP contribution in [0.15, 0.2) is 24.3 Å². The summed E-state index contributed by atoms with van der Waals surface area (Å²) < 4.78 is 11.2. The summed E-state index contributed by atoms with van der Waals surface area (Å²) in [6.45, 7) is 1.77. The number of benzene rings is 1. The highest BCUT2D eigenvalue weighted by Gasteiger charge is 2.38. The number of morpholine rings is 1. The average molecular weight is 247 g/mol. The van der Waals surface area contributed by atoms with Gasteiger partial charge in [-0.2, -0.15) is 0 Å². The van der Waals surface area contributed by atoms with Crippen molar-refractivity contribution in [3.8, 4) is 5.75 Å². The van der Waals surface area contributed by atoms with Crippen LogP contribution in [0.5, 0.6) is 5.75 Å². The molecule has 1 aromatic carbocycles. The van der Waals surface area contributed by atoms with Crippen LogP contribution in [0.1, 0.15) is 37.4 Å². The first-order valence-electron chi connectivity index (χ1n) is 6.82. The fourth-order valence-electron chi connectivity index (χ4n) is 3.08. The average Bonchev–Trinajstić information content (AvgIpc) is 2.88. The maximum Gasteiger partial charge on any atom is 0.118 e. The maximum atomic E-state index is 6.07. The van der Waals surface area contributed by atoms with Crippen LogP contribution in [0.2, 0.25) is 0 Å². The fourth-order valence-corrected chi connectivity index (χ4v) is 3.08. The second-order valence-corrected chi connectivity index (χ2v) is 5.44. The van der Waals surface area contributed by atoms with Crippen LogP contribution < -0.4 is 10.1 Å². The highest BCUT2D eigenvalue weighted by molar-refractivity contribution is 5.29. The van der Waals surface area contributed by atoms with E-state index >= 15 is 0 Å². The molecule has 0 aromatic heterocycles. The van der Waals surface area contributed by atoms with Crippen molar-refractivity contribution in [2.24, 2.45) is 0 Å². The van der Waals surface area contributed by atoms with Crippen molar-refractivity contribution in [3.63, 3.8) is 0 Å². The largest absolute Gasteiger partial charge is 0.497 e. The SMILES string of the molecule is COc1ccc(C2CNC3(CCCC3)CO2)cc1. The molecule has 0 radical (unpaired) electrons. The quantitative estimate of drug-likeness (QED) is 0.871. The topological polar surface area (TPSA) is 30.5 Å². The van der Waals surface area contributed by atoms with E-state index in [2.05, 4.69) is 17.4 Å². The summed E-state index contributed by atoms with van der Waals surface area (Å²) in [4.78, 5) is 0. The Morgan fingerprint density at radius 3 is 2.50 bits per heavy atom. The Hall–Kier alpha value is -1.06. The van der Waals surface area contributed by atoms with Gasteiger partial charge in [0, 0.05) is 12.1 Å². The van der Waals surface area contributed by atoms with Gasteiger partial charge in [0.25, 0.3) is 0 Å². The Morgan fingerprint density at radius 1 is 1.22 bits per heavy atom. The lowest BCUT2D eigenvalue weighted by molar-refractivity contribution is -0.0326. The zero-order valence-electron chi connectivity index (χ0n) is 10.9. The minimum atomic E-state index is 0.183. The van der Waals surface area contributed by atoms with Gasteiger partial charge in [-0.3, -0.25) is 0 Å². The van der Waals surface area contributed by atoms with Crippen LogP contribution in [0.3, 0.4) is 0 Å². The van der Waals surface area contributed by atoms with Crippen LogP contribution in [-0.4, -0.2) is 25.8 Å². The lowest BCUT2D eigenvalue weighted by Crippen LogP contribution is -2.53. The molecule has 0 amide bonds. The van der Waals surface area contributed by atoms with Crippen molar-refractivity contribution in [3.05, 3.63) is 29.8 Å². The van der Waals surface area contributed by atoms with E-state index in [1.165, 1.54) is 31.2 Å². The highest BCUT2D eigenvalue weighted by Crippen LogP contribution is 2.35. The number of hydrogen-bond donors (Lipinski definition) is 1. The van der Waals surface area contributed by atoms with Gasteiger partial charge in [0.15, 0.2) is 0 Å². The third kappa shape index (κ3) is 2.25. The van der Waals surface area contributed by atoms with Crippen molar-refractivity contribution in [1.29, 1.82) is 0 Å². The van der Waals surface area contributed by atoms with Gasteiger partial charge in [0.05, 0.1) is 19.8 Å². The molecule has 1 spiro atoms. The smallest absolute Gasteiger partial charge is 0.118 e. The van der Waals surface area contributed by atoms with Gasteiger partial charge in [-0.15, -0.1) is 0 Å². The molecule has 1 aliphatic carbocycles. The second kappa shape index (κ2) is 4.90. The zero-order valence-corrected chi connectivity index (χ0v) is 10.9. The molecule has 2 fully saturated rings. The fraction of sp³-hybridized carbons (Fsp3) is 0.600. The normalized spacial score (nSPS) is 26.4. The lowest BCUT2D eigenvalue weighted by Gasteiger charge is -2.38. The first-order valence-corrected chi connectivity index (χ1v) is 6.82. The molecule has 98 valence electrons. The molecular formula is C15H21NO2. The molecule has 1 saturated heterocycles. The molecule has 1 saturated carbocycles. The van der Waals surface area contributed by atoms with Gasteiger partial charge in [-0.1, -0.05) is 25.0 Å². The van der Waals surface area contributed by atoms with E-state index in [9.17, 15) is 0 Å². The third-order valence-electron chi connectivity index (χ3n) is 4.27. The second-order valence-electron chi connectivity index (χ2n) is 5.44. The van der Waals surface area contributed by atoms with Crippen molar-refractivity contribution >= 4 is 0 Å². The molecule has 3 nitrogen and oxygen atoms in total. The van der Waals surface area contributed by atoms with Crippen LogP contribution in [0, 0.1) is 0 Å². The summed E-state index contributed by atoms with van der Waals surface area (Å²) in [6.07, 6.45) is 5.39. The van der Waals surface area contributed by atoms with E-state index in [4.69, 9.17) is 9.47 Å². The molecule has 1 atom stereocenters. The van der Waals surface area contributed by atoms with Crippen molar-refractivity contribution in [2.75, 3.05) is 20.3 Å². The molecular weight excluding hydrogens is 226 g/mol. The molecule has 0 bridgehead atoms. The minimum absolute atomic E-state index is 0.183. The molecule has 1 aromatic rings. The van der Waals surface area contributed by atoms with Crippen molar-refractivity contribution in [2.45, 2.75) is 37.3 Å². The van der Waals surface area contributed by atoms with E-state index in [0.29, 0.717) is 0 Å². The third-order valence-corrected chi connectivity index (χ3v) is 4.27. The van der Waals surface area contributed by atoms with E-state index in [1.54, 1.807) is 7.11 Å². The summed E-state index contributed by atoms with van der Waals surface area (Å²) in [5.74, 6) is 0.898. The number of nitrogens with one attached hydrogen (secondary N) is 1. The Bertz CT molecular complexity index is 385. The standard InChI is InChI=1S/C15H21NO2/c1-17-13-6-4-12(5-7-13)14-10-16-15(11-18-14)8-2-3-9-15/h4-7,14,16H,2-3,8-11H2,1H3. The number of methoxy groups -OCH3 is 1. The summed E-state index contributed by atoms with van der Waals surface area (Å²) in [7, 11) is 1.69. The maximum absolute atomic E-state index is 6.07. The van der Waals surface area contributed by atoms with E-state index in [1.807, 2.05) is 12.1 Å². The van der Waals surface area contributed by atoms with Gasteiger partial charge >= 0.3 is 0 Å². The molecule has 18 heavy (non-hydrogen) atoms. The Labute approximate surface area is 108 Å². The molecule has 3 rings (SSSR count). The van der Waals surface area contributed by atoms with Crippen molar-refractivity contribution < 1.29 is 9.47 Å². The van der Waals surface area contributed by atoms with Gasteiger partial charge in [-0.05, 0) is 30.5 Å². The first-order chi connectivity index (χ1) is 8.81. The molecule has 2 aliphatic rings. The Balaban J connectivity index is 1.64. The molecule has 1 unspecified atom stereocenters. The zero-order chi connectivity index (χ0) is 12.4. The predicted molar refractivity (Wildman–Crippen MR) is 70.9 cm³/mol. The van der Waals surface area contributed by atoms with Crippen molar-refractivity contribution in [1.82, 2.24) is 5.32 Å². The summed E-state index contributed by atoms with van der Waals surface area (Å²) in [6, 6.07) is 8.19. The number of ether oxygens (including phenoxy) is 2. The Morgan fingerprint density at radius 2 is 1.94 bits per heavy atom. The van der Waals surface area contributed by atoms with Crippen LogP contribution >= 0.6 is 0 Å². The van der Waals surface area contributed by atoms with Crippen LogP contribution in [0.25, 0.3) is 0 Å². The van der Waals surface area contributed by atoms with Gasteiger partial charge in [-0.25, -0.2) is 0 Å².